The van der Waals surface area contributed by atoms with E-state index in [9.17, 15) is 9.18 Å². The number of ether oxygens (including phenoxy) is 2. The molecular formula is C22H25FN2O3. The second-order valence-corrected chi connectivity index (χ2v) is 6.61. The Balaban J connectivity index is 1.67. The smallest absolute Gasteiger partial charge is 0.244 e. The molecule has 1 saturated heterocycles. The third-order valence-electron chi connectivity index (χ3n) is 4.67. The van der Waals surface area contributed by atoms with Gasteiger partial charge in [-0.1, -0.05) is 36.4 Å². The zero-order chi connectivity index (χ0) is 19.8. The molecule has 1 unspecified atom stereocenters. The molecule has 2 aromatic carbocycles. The van der Waals surface area contributed by atoms with Crippen molar-refractivity contribution in [2.45, 2.75) is 6.04 Å². The number of rotatable bonds is 7. The van der Waals surface area contributed by atoms with Gasteiger partial charge in [0.2, 0.25) is 5.91 Å². The van der Waals surface area contributed by atoms with Crippen molar-refractivity contribution >= 4 is 12.0 Å². The first-order valence-corrected chi connectivity index (χ1v) is 9.33. The summed E-state index contributed by atoms with van der Waals surface area (Å²) in [7, 11) is 1.42. The molecule has 1 aliphatic heterocycles. The number of nitrogens with zero attached hydrogens (tertiary/aromatic N) is 1. The summed E-state index contributed by atoms with van der Waals surface area (Å²) >= 11 is 0. The molecule has 1 atom stereocenters. The van der Waals surface area contributed by atoms with Crippen LogP contribution < -0.4 is 10.1 Å². The fourth-order valence-corrected chi connectivity index (χ4v) is 3.14. The third-order valence-corrected chi connectivity index (χ3v) is 4.67. The maximum absolute atomic E-state index is 13.8. The van der Waals surface area contributed by atoms with E-state index >= 15 is 0 Å². The quantitative estimate of drug-likeness (QED) is 0.746. The van der Waals surface area contributed by atoms with E-state index < -0.39 is 5.82 Å². The summed E-state index contributed by atoms with van der Waals surface area (Å²) in [6, 6.07) is 14.3. The van der Waals surface area contributed by atoms with Crippen molar-refractivity contribution in [1.29, 1.82) is 0 Å². The van der Waals surface area contributed by atoms with Gasteiger partial charge in [-0.05, 0) is 29.3 Å². The van der Waals surface area contributed by atoms with Gasteiger partial charge in [-0.3, -0.25) is 9.69 Å². The number of benzene rings is 2. The maximum atomic E-state index is 13.8. The number of hydrogen-bond donors (Lipinski definition) is 1. The molecule has 1 fully saturated rings. The molecule has 3 rings (SSSR count). The van der Waals surface area contributed by atoms with Gasteiger partial charge in [0.1, 0.15) is 0 Å². The Morgan fingerprint density at radius 1 is 1.25 bits per heavy atom. The third kappa shape index (κ3) is 5.65. The maximum Gasteiger partial charge on any atom is 0.244 e. The molecule has 148 valence electrons. The SMILES string of the molecule is COc1ccc(/C=C/C(=O)NC(CN2CCOCC2)c2ccccc2)cc1F. The van der Waals surface area contributed by atoms with Crippen molar-refractivity contribution in [2.75, 3.05) is 40.0 Å². The van der Waals surface area contributed by atoms with Gasteiger partial charge in [0.05, 0.1) is 26.4 Å². The van der Waals surface area contributed by atoms with E-state index in [-0.39, 0.29) is 17.7 Å². The van der Waals surface area contributed by atoms with Gasteiger partial charge in [-0.2, -0.15) is 0 Å². The molecule has 28 heavy (non-hydrogen) atoms. The minimum absolute atomic E-state index is 0.135. The molecule has 6 heteroatoms. The van der Waals surface area contributed by atoms with Gasteiger partial charge >= 0.3 is 0 Å². The van der Waals surface area contributed by atoms with Gasteiger partial charge in [0, 0.05) is 25.7 Å². The van der Waals surface area contributed by atoms with Crippen molar-refractivity contribution in [3.05, 3.63) is 71.6 Å². The zero-order valence-electron chi connectivity index (χ0n) is 15.9. The average molecular weight is 384 g/mol. The fourth-order valence-electron chi connectivity index (χ4n) is 3.14. The van der Waals surface area contributed by atoms with Gasteiger partial charge < -0.3 is 14.8 Å². The Morgan fingerprint density at radius 2 is 2.00 bits per heavy atom. The van der Waals surface area contributed by atoms with Gasteiger partial charge in [0.25, 0.3) is 0 Å². The lowest BCUT2D eigenvalue weighted by atomic mass is 10.1. The highest BCUT2D eigenvalue weighted by molar-refractivity contribution is 5.92. The van der Waals surface area contributed by atoms with Crippen LogP contribution in [-0.4, -0.2) is 50.8 Å². The second-order valence-electron chi connectivity index (χ2n) is 6.61. The molecule has 2 aromatic rings. The number of amides is 1. The van der Waals surface area contributed by atoms with Crippen molar-refractivity contribution in [3.8, 4) is 5.75 Å². The Bertz CT molecular complexity index is 805. The van der Waals surface area contributed by atoms with Gasteiger partial charge in [-0.15, -0.1) is 0 Å². The molecule has 0 bridgehead atoms. The normalized spacial score (nSPS) is 16.1. The van der Waals surface area contributed by atoms with Crippen LogP contribution in [-0.2, 0) is 9.53 Å². The Morgan fingerprint density at radius 3 is 2.68 bits per heavy atom. The van der Waals surface area contributed by atoms with Crippen LogP contribution in [0.5, 0.6) is 5.75 Å². The number of nitrogens with one attached hydrogen (secondary N) is 1. The van der Waals surface area contributed by atoms with E-state index in [0.29, 0.717) is 25.3 Å². The number of hydrogen-bond acceptors (Lipinski definition) is 4. The highest BCUT2D eigenvalue weighted by atomic mass is 19.1. The summed E-state index contributed by atoms with van der Waals surface area (Å²) in [5.74, 6) is -0.505. The van der Waals surface area contributed by atoms with Crippen LogP contribution >= 0.6 is 0 Å². The summed E-state index contributed by atoms with van der Waals surface area (Å²) in [6.45, 7) is 3.82. The predicted octanol–water partition coefficient (Wildman–Crippen LogP) is 3.04. The average Bonchev–Trinajstić information content (AvgIpc) is 2.73. The summed E-state index contributed by atoms with van der Waals surface area (Å²) in [6.07, 6.45) is 3.02. The van der Waals surface area contributed by atoms with E-state index in [4.69, 9.17) is 9.47 Å². The molecule has 1 aliphatic rings. The Labute approximate surface area is 164 Å². The zero-order valence-corrected chi connectivity index (χ0v) is 15.9. The topological polar surface area (TPSA) is 50.8 Å². The number of halogens is 1. The summed E-state index contributed by atoms with van der Waals surface area (Å²) in [4.78, 5) is 14.8. The first kappa shape index (κ1) is 20.0. The Kier molecular flexibility index (Phi) is 7.17. The fraction of sp³-hybridized carbons (Fsp3) is 0.318. The lowest BCUT2D eigenvalue weighted by molar-refractivity contribution is -0.117. The lowest BCUT2D eigenvalue weighted by Crippen LogP contribution is -2.42. The highest BCUT2D eigenvalue weighted by Gasteiger charge is 2.19. The highest BCUT2D eigenvalue weighted by Crippen LogP contribution is 2.19. The monoisotopic (exact) mass is 384 g/mol. The van der Waals surface area contributed by atoms with Crippen LogP contribution in [0.15, 0.2) is 54.6 Å². The van der Waals surface area contributed by atoms with E-state index in [1.54, 1.807) is 12.1 Å². The molecule has 1 amide bonds. The minimum Gasteiger partial charge on any atom is -0.494 e. The first-order chi connectivity index (χ1) is 13.7. The van der Waals surface area contributed by atoms with E-state index in [0.717, 1.165) is 18.7 Å². The van der Waals surface area contributed by atoms with Crippen LogP contribution in [0.1, 0.15) is 17.2 Å². The lowest BCUT2D eigenvalue weighted by Gasteiger charge is -2.31. The molecule has 0 aliphatic carbocycles. The van der Waals surface area contributed by atoms with Crippen molar-refractivity contribution in [3.63, 3.8) is 0 Å². The summed E-state index contributed by atoms with van der Waals surface area (Å²) in [5, 5.41) is 3.06. The van der Waals surface area contributed by atoms with Crippen LogP contribution in [0.4, 0.5) is 4.39 Å². The number of morpholine rings is 1. The second kappa shape index (κ2) is 10.0. The predicted molar refractivity (Wildman–Crippen MR) is 107 cm³/mol. The largest absolute Gasteiger partial charge is 0.494 e. The molecule has 0 saturated carbocycles. The summed E-state index contributed by atoms with van der Waals surface area (Å²) in [5.41, 5.74) is 1.64. The Hall–Kier alpha value is -2.70. The van der Waals surface area contributed by atoms with Crippen LogP contribution in [0.3, 0.4) is 0 Å². The minimum atomic E-state index is -0.459. The molecule has 0 radical (unpaired) electrons. The van der Waals surface area contributed by atoms with Crippen LogP contribution in [0.2, 0.25) is 0 Å². The number of methoxy groups -OCH3 is 1. The molecule has 0 aromatic heterocycles. The van der Waals surface area contributed by atoms with Crippen molar-refractivity contribution in [1.82, 2.24) is 10.2 Å². The van der Waals surface area contributed by atoms with E-state index in [1.807, 2.05) is 30.3 Å². The standard InChI is InChI=1S/C22H25FN2O3/c1-27-21-9-7-17(15-19(21)23)8-10-22(26)24-20(18-5-3-2-4-6-18)16-25-11-13-28-14-12-25/h2-10,15,20H,11-14,16H2,1H3,(H,24,26)/b10-8+. The summed E-state index contributed by atoms with van der Waals surface area (Å²) < 4.78 is 24.1. The molecule has 0 spiro atoms. The molecule has 5 nitrogen and oxygen atoms in total. The number of carbonyl (C=O) groups is 1. The molecular weight excluding hydrogens is 359 g/mol. The molecule has 1 heterocycles. The van der Waals surface area contributed by atoms with Crippen molar-refractivity contribution < 1.29 is 18.7 Å². The molecule has 1 N–H and O–H groups in total. The van der Waals surface area contributed by atoms with Crippen molar-refractivity contribution in [2.24, 2.45) is 0 Å². The number of carbonyl (C=O) groups excluding carboxylic acids is 1. The van der Waals surface area contributed by atoms with E-state index in [2.05, 4.69) is 10.2 Å². The van der Waals surface area contributed by atoms with Crippen LogP contribution in [0.25, 0.3) is 6.08 Å². The first-order valence-electron chi connectivity index (χ1n) is 9.33. The van der Waals surface area contributed by atoms with E-state index in [1.165, 1.54) is 25.3 Å². The van der Waals surface area contributed by atoms with Gasteiger partial charge in [-0.25, -0.2) is 4.39 Å². The van der Waals surface area contributed by atoms with Crippen LogP contribution in [0, 0.1) is 5.82 Å². The van der Waals surface area contributed by atoms with Gasteiger partial charge in [0.15, 0.2) is 11.6 Å².